The predicted molar refractivity (Wildman–Crippen MR) is 122 cm³/mol. The van der Waals surface area contributed by atoms with Gasteiger partial charge in [0.25, 0.3) is 17.7 Å². The van der Waals surface area contributed by atoms with Crippen molar-refractivity contribution in [1.82, 2.24) is 14.5 Å². The molecule has 5 aromatic rings. The molecule has 32 heavy (non-hydrogen) atoms. The van der Waals surface area contributed by atoms with E-state index in [1.54, 1.807) is 17.1 Å². The van der Waals surface area contributed by atoms with Gasteiger partial charge in [0.15, 0.2) is 11.0 Å². The fraction of sp³-hybridized carbons (Fsp3) is 0.120. The number of fused-ring (bicyclic) bond motifs is 2. The van der Waals surface area contributed by atoms with Crippen molar-refractivity contribution >= 4 is 27.6 Å². The lowest BCUT2D eigenvalue weighted by molar-refractivity contribution is -0.647. The van der Waals surface area contributed by atoms with E-state index >= 15 is 0 Å². The molecule has 0 fully saturated rings. The summed E-state index contributed by atoms with van der Waals surface area (Å²) in [5.74, 6) is 0.228. The minimum absolute atomic E-state index is 0.201. The van der Waals surface area contributed by atoms with Gasteiger partial charge in [-0.05, 0) is 65.8 Å². The van der Waals surface area contributed by atoms with E-state index in [-0.39, 0.29) is 17.4 Å². The quantitative estimate of drug-likeness (QED) is 0.440. The normalized spacial score (nSPS) is 12.2. The Morgan fingerprint density at radius 3 is 2.66 bits per heavy atom. The molecule has 7 heteroatoms. The summed E-state index contributed by atoms with van der Waals surface area (Å²) in [5.41, 5.74) is 2.89. The fourth-order valence-electron chi connectivity index (χ4n) is 3.99. The maximum absolute atomic E-state index is 13.9. The Kier molecular flexibility index (Phi) is 4.86. The highest BCUT2D eigenvalue weighted by atomic mass is 19.1. The van der Waals surface area contributed by atoms with Crippen molar-refractivity contribution in [1.29, 1.82) is 0 Å². The van der Waals surface area contributed by atoms with Crippen molar-refractivity contribution in [2.45, 2.75) is 13.0 Å². The zero-order valence-electron chi connectivity index (χ0n) is 17.7. The molecular weight excluding hydrogens is 405 g/mol. The average Bonchev–Trinajstić information content (AvgIpc) is 2.81. The van der Waals surface area contributed by atoms with Crippen molar-refractivity contribution in [2.24, 2.45) is 7.05 Å². The third-order valence-corrected chi connectivity index (χ3v) is 5.57. The van der Waals surface area contributed by atoms with Crippen LogP contribution in [0.25, 0.3) is 27.5 Å². The highest BCUT2D eigenvalue weighted by molar-refractivity contribution is 5.84. The first-order chi connectivity index (χ1) is 15.5. The third kappa shape index (κ3) is 3.37. The number of rotatable bonds is 4. The second-order valence-corrected chi connectivity index (χ2v) is 7.72. The fourth-order valence-corrected chi connectivity index (χ4v) is 3.99. The van der Waals surface area contributed by atoms with E-state index < -0.39 is 0 Å². The summed E-state index contributed by atoms with van der Waals surface area (Å²) >= 11 is 0. The number of nitrogens with one attached hydrogen (secondary N) is 1. The van der Waals surface area contributed by atoms with Crippen molar-refractivity contribution in [3.63, 3.8) is 0 Å². The number of pyridine rings is 2. The van der Waals surface area contributed by atoms with E-state index in [9.17, 15) is 9.18 Å². The van der Waals surface area contributed by atoms with E-state index in [2.05, 4.69) is 15.3 Å². The van der Waals surface area contributed by atoms with Crippen LogP contribution >= 0.6 is 0 Å². The van der Waals surface area contributed by atoms with Gasteiger partial charge in [-0.1, -0.05) is 18.2 Å². The van der Waals surface area contributed by atoms with Gasteiger partial charge in [0.05, 0.1) is 13.1 Å². The summed E-state index contributed by atoms with van der Waals surface area (Å²) in [6.07, 6.45) is 3.44. The lowest BCUT2D eigenvalue weighted by Gasteiger charge is -2.20. The molecule has 2 aromatic carbocycles. The van der Waals surface area contributed by atoms with Crippen molar-refractivity contribution in [3.05, 3.63) is 101 Å². The maximum atomic E-state index is 13.9. The number of benzene rings is 2. The van der Waals surface area contributed by atoms with Gasteiger partial charge in [-0.25, -0.2) is 13.9 Å². The number of hydrogen-bond acceptors (Lipinski definition) is 4. The van der Waals surface area contributed by atoms with Gasteiger partial charge in [-0.15, -0.1) is 0 Å². The van der Waals surface area contributed by atoms with Crippen LogP contribution in [0.4, 0.5) is 10.2 Å². The summed E-state index contributed by atoms with van der Waals surface area (Å²) in [6, 6.07) is 19.0. The molecule has 158 valence electrons. The number of aryl methyl sites for hydroxylation is 1. The molecule has 0 saturated carbocycles. The first-order valence-electron chi connectivity index (χ1n) is 10.3. The number of nitrogens with zero attached hydrogens (tertiary/aromatic N) is 4. The highest BCUT2D eigenvalue weighted by Crippen LogP contribution is 2.26. The molecule has 5 rings (SSSR count). The van der Waals surface area contributed by atoms with Crippen molar-refractivity contribution in [3.8, 4) is 5.69 Å². The Hall–Kier alpha value is -4.13. The van der Waals surface area contributed by atoms with Crippen LogP contribution in [0.1, 0.15) is 18.7 Å². The lowest BCUT2D eigenvalue weighted by Crippen LogP contribution is -2.30. The van der Waals surface area contributed by atoms with Crippen LogP contribution in [0, 0.1) is 5.82 Å². The molecule has 0 spiro atoms. The lowest BCUT2D eigenvalue weighted by atomic mass is 10.1. The monoisotopic (exact) mass is 426 g/mol. The van der Waals surface area contributed by atoms with E-state index in [0.29, 0.717) is 22.3 Å². The molecular formula is C25H21FN5O+. The third-order valence-electron chi connectivity index (χ3n) is 5.57. The predicted octanol–water partition coefficient (Wildman–Crippen LogP) is 4.07. The first kappa shape index (κ1) is 19.8. The molecule has 3 heterocycles. The molecule has 3 aromatic heterocycles. The van der Waals surface area contributed by atoms with Gasteiger partial charge in [0, 0.05) is 23.0 Å². The molecule has 0 saturated heterocycles. The molecule has 0 radical (unpaired) electrons. The SMILES string of the molecule is CC(Nc1nc[n+](C)c2cccnc12)c1cc2cc(F)ccc2c(=O)n1-c1ccccc1. The average molecular weight is 426 g/mol. The molecule has 0 aliphatic heterocycles. The summed E-state index contributed by atoms with van der Waals surface area (Å²) in [7, 11) is 1.91. The largest absolute Gasteiger partial charge is 0.339 e. The van der Waals surface area contributed by atoms with Gasteiger partial charge < -0.3 is 5.32 Å². The number of halogens is 1. The summed E-state index contributed by atoms with van der Waals surface area (Å²) in [6.45, 7) is 1.95. The molecule has 1 N–H and O–H groups in total. The number of aromatic nitrogens is 4. The van der Waals surface area contributed by atoms with E-state index in [4.69, 9.17) is 0 Å². The van der Waals surface area contributed by atoms with Gasteiger partial charge in [0.1, 0.15) is 5.82 Å². The molecule has 6 nitrogen and oxygen atoms in total. The standard InChI is InChI=1S/C25H20FN5O/c1-16(29-24-23-21(9-6-12-27-23)30(2)15-28-24)22-14-17-13-18(26)10-11-20(17)25(32)31(22)19-7-4-3-5-8-19/h3-16H,1-2H3/p+1. The molecule has 1 atom stereocenters. The van der Waals surface area contributed by atoms with Crippen LogP contribution in [-0.4, -0.2) is 14.5 Å². The van der Waals surface area contributed by atoms with Gasteiger partial charge in [-0.3, -0.25) is 9.36 Å². The zero-order chi connectivity index (χ0) is 22.2. The minimum atomic E-state index is -0.381. The molecule has 0 aliphatic carbocycles. The molecule has 0 aliphatic rings. The van der Waals surface area contributed by atoms with Gasteiger partial charge in [0.2, 0.25) is 0 Å². The van der Waals surface area contributed by atoms with E-state index in [1.807, 2.05) is 67.1 Å². The number of para-hydroxylation sites is 1. The highest BCUT2D eigenvalue weighted by Gasteiger charge is 2.20. The number of anilines is 1. The second-order valence-electron chi connectivity index (χ2n) is 7.72. The van der Waals surface area contributed by atoms with Crippen LogP contribution in [0.15, 0.2) is 84.0 Å². The topological polar surface area (TPSA) is 63.7 Å². The Morgan fingerprint density at radius 1 is 1.03 bits per heavy atom. The van der Waals surface area contributed by atoms with E-state index in [1.165, 1.54) is 18.2 Å². The Morgan fingerprint density at radius 2 is 1.84 bits per heavy atom. The van der Waals surface area contributed by atoms with Gasteiger partial charge >= 0.3 is 0 Å². The Balaban J connectivity index is 1.70. The van der Waals surface area contributed by atoms with Crippen molar-refractivity contribution in [2.75, 3.05) is 5.32 Å². The Labute approximate surface area is 183 Å². The van der Waals surface area contributed by atoms with Crippen molar-refractivity contribution < 1.29 is 8.96 Å². The van der Waals surface area contributed by atoms with Crippen LogP contribution < -0.4 is 15.4 Å². The van der Waals surface area contributed by atoms with E-state index in [0.717, 1.165) is 16.7 Å². The smallest absolute Gasteiger partial charge is 0.289 e. The van der Waals surface area contributed by atoms with Gasteiger partial charge in [-0.2, -0.15) is 0 Å². The summed E-state index contributed by atoms with van der Waals surface area (Å²) in [5, 5.41) is 4.42. The first-order valence-corrected chi connectivity index (χ1v) is 10.3. The Bertz CT molecular complexity index is 1510. The van der Waals surface area contributed by atoms with Crippen LogP contribution in [0.2, 0.25) is 0 Å². The summed E-state index contributed by atoms with van der Waals surface area (Å²) < 4.78 is 17.5. The van der Waals surface area contributed by atoms with Crippen LogP contribution in [0.3, 0.4) is 0 Å². The second kappa shape index (κ2) is 7.85. The summed E-state index contributed by atoms with van der Waals surface area (Å²) in [4.78, 5) is 22.5. The van der Waals surface area contributed by atoms with Crippen LogP contribution in [0.5, 0.6) is 0 Å². The van der Waals surface area contributed by atoms with Crippen LogP contribution in [-0.2, 0) is 7.05 Å². The maximum Gasteiger partial charge on any atom is 0.289 e. The number of hydrogen-bond donors (Lipinski definition) is 1. The molecule has 0 amide bonds. The molecule has 0 bridgehead atoms. The molecule has 1 unspecified atom stereocenters. The minimum Gasteiger partial charge on any atom is -0.339 e. The zero-order valence-corrected chi connectivity index (χ0v) is 17.7.